The number of hydrogen-bond donors (Lipinski definition) is 3. The van der Waals surface area contributed by atoms with E-state index in [9.17, 15) is 0 Å². The van der Waals surface area contributed by atoms with Gasteiger partial charge in [0.15, 0.2) is 0 Å². The molecule has 0 bridgehead atoms. The largest absolute Gasteiger partial charge is 0.497 e. The number of amidine groups is 1. The quantitative estimate of drug-likeness (QED) is 0.298. The molecule has 1 aliphatic heterocycles. The summed E-state index contributed by atoms with van der Waals surface area (Å²) in [4.78, 5) is 15.0. The second-order valence-corrected chi connectivity index (χ2v) is 8.20. The van der Waals surface area contributed by atoms with Crippen molar-refractivity contribution in [3.05, 3.63) is 58.6 Å². The van der Waals surface area contributed by atoms with Crippen molar-refractivity contribution in [2.75, 3.05) is 31.6 Å². The number of aliphatic imine (C=N–C) groups is 1. The number of nitrogens with zero attached hydrogens (tertiary/aromatic N) is 2. The first-order valence-corrected chi connectivity index (χ1v) is 11.9. The summed E-state index contributed by atoms with van der Waals surface area (Å²) in [5, 5.41) is 8.91. The summed E-state index contributed by atoms with van der Waals surface area (Å²) in [6, 6.07) is 13.8. The number of benzodiazepines with no additional fused rings is 1. The second kappa shape index (κ2) is 16.0. The Labute approximate surface area is 208 Å². The zero-order chi connectivity index (χ0) is 25.5. The molecule has 34 heavy (non-hydrogen) atoms. The Morgan fingerprint density at radius 3 is 2.26 bits per heavy atom. The van der Waals surface area contributed by atoms with E-state index in [1.807, 2.05) is 61.1 Å². The average Bonchev–Trinajstić information content (AvgIpc) is 3.03. The van der Waals surface area contributed by atoms with Gasteiger partial charge in [0.25, 0.3) is 0 Å². The number of carbonyl (C=O) groups is 1. The summed E-state index contributed by atoms with van der Waals surface area (Å²) in [5.74, 6) is 1.29. The fourth-order valence-electron chi connectivity index (χ4n) is 3.51. The number of halogens is 1. The van der Waals surface area contributed by atoms with E-state index >= 15 is 0 Å². The SMILES string of the molecule is C=O.CC[C@H]1CN(C(C)=N)c2ccc(OC)cc2C(c2ccc(Cl)cc2)=N1.NCCCCCN. The van der Waals surface area contributed by atoms with Crippen LogP contribution < -0.4 is 21.1 Å². The van der Waals surface area contributed by atoms with Gasteiger partial charge in [-0.05, 0) is 69.6 Å². The van der Waals surface area contributed by atoms with Crippen LogP contribution >= 0.6 is 11.6 Å². The molecule has 3 rings (SSSR count). The highest BCUT2D eigenvalue weighted by Crippen LogP contribution is 2.32. The molecular weight excluding hydrogens is 450 g/mol. The van der Waals surface area contributed by atoms with E-state index in [4.69, 9.17) is 43.0 Å². The predicted octanol–water partition coefficient (Wildman–Crippen LogP) is 4.67. The van der Waals surface area contributed by atoms with Gasteiger partial charge in [0.05, 0.1) is 30.4 Å². The lowest BCUT2D eigenvalue weighted by Crippen LogP contribution is -2.34. The molecule has 0 amide bonds. The number of hydrogen-bond acceptors (Lipinski definition) is 6. The van der Waals surface area contributed by atoms with E-state index in [0.29, 0.717) is 17.4 Å². The Balaban J connectivity index is 0.000000553. The summed E-state index contributed by atoms with van der Waals surface area (Å²) < 4.78 is 5.42. The third-order valence-electron chi connectivity index (χ3n) is 5.36. The van der Waals surface area contributed by atoms with E-state index in [1.54, 1.807) is 7.11 Å². The fraction of sp³-hybridized carbons (Fsp3) is 0.423. The van der Waals surface area contributed by atoms with Crippen molar-refractivity contribution in [1.29, 1.82) is 5.41 Å². The highest BCUT2D eigenvalue weighted by Gasteiger charge is 2.25. The number of nitrogens with two attached hydrogens (primary N) is 2. The fourth-order valence-corrected chi connectivity index (χ4v) is 3.64. The Kier molecular flexibility index (Phi) is 13.8. The summed E-state index contributed by atoms with van der Waals surface area (Å²) >= 11 is 6.06. The molecule has 2 aromatic carbocycles. The zero-order valence-corrected chi connectivity index (χ0v) is 21.3. The molecule has 1 atom stereocenters. The number of anilines is 1. The van der Waals surface area contributed by atoms with Crippen molar-refractivity contribution < 1.29 is 9.53 Å². The van der Waals surface area contributed by atoms with E-state index in [2.05, 4.69) is 6.92 Å². The molecule has 8 heteroatoms. The number of rotatable bonds is 7. The second-order valence-electron chi connectivity index (χ2n) is 7.76. The maximum Gasteiger partial charge on any atom is 0.119 e. The van der Waals surface area contributed by atoms with Crippen LogP contribution in [-0.2, 0) is 4.79 Å². The number of fused-ring (bicyclic) bond motifs is 1. The minimum Gasteiger partial charge on any atom is -0.497 e. The summed E-state index contributed by atoms with van der Waals surface area (Å²) in [5.41, 5.74) is 14.4. The van der Waals surface area contributed by atoms with Crippen LogP contribution in [0.25, 0.3) is 0 Å². The van der Waals surface area contributed by atoms with Crippen molar-refractivity contribution in [3.63, 3.8) is 0 Å². The molecular formula is C26H38ClN5O2. The molecule has 2 aromatic rings. The van der Waals surface area contributed by atoms with Crippen molar-refractivity contribution in [2.45, 2.75) is 45.6 Å². The van der Waals surface area contributed by atoms with Gasteiger partial charge in [-0.1, -0.05) is 37.1 Å². The summed E-state index contributed by atoms with van der Waals surface area (Å²) in [7, 11) is 1.66. The Morgan fingerprint density at radius 1 is 1.15 bits per heavy atom. The van der Waals surface area contributed by atoms with E-state index in [1.165, 1.54) is 6.42 Å². The van der Waals surface area contributed by atoms with Crippen LogP contribution in [0.3, 0.4) is 0 Å². The van der Waals surface area contributed by atoms with Crippen molar-refractivity contribution in [2.24, 2.45) is 16.5 Å². The van der Waals surface area contributed by atoms with Gasteiger partial charge < -0.3 is 25.9 Å². The minimum atomic E-state index is 0.115. The molecule has 0 spiro atoms. The van der Waals surface area contributed by atoms with Gasteiger partial charge in [-0.3, -0.25) is 10.4 Å². The number of carbonyl (C=O) groups excluding carboxylic acids is 1. The van der Waals surface area contributed by atoms with Crippen LogP contribution in [-0.4, -0.2) is 51.1 Å². The van der Waals surface area contributed by atoms with Gasteiger partial charge in [0.1, 0.15) is 12.5 Å². The Bertz CT molecular complexity index is 914. The lowest BCUT2D eigenvalue weighted by Gasteiger charge is -2.25. The van der Waals surface area contributed by atoms with Crippen molar-refractivity contribution >= 4 is 35.6 Å². The summed E-state index contributed by atoms with van der Waals surface area (Å²) in [6.45, 7) is 8.25. The van der Waals surface area contributed by atoms with Gasteiger partial charge in [-0.25, -0.2) is 0 Å². The highest BCUT2D eigenvalue weighted by molar-refractivity contribution is 6.30. The monoisotopic (exact) mass is 487 g/mol. The molecule has 7 nitrogen and oxygen atoms in total. The van der Waals surface area contributed by atoms with Gasteiger partial charge in [-0.15, -0.1) is 0 Å². The van der Waals surface area contributed by atoms with Gasteiger partial charge >= 0.3 is 0 Å². The first-order valence-electron chi connectivity index (χ1n) is 11.5. The van der Waals surface area contributed by atoms with Gasteiger partial charge in [0, 0.05) is 22.7 Å². The lowest BCUT2D eigenvalue weighted by atomic mass is 9.99. The van der Waals surface area contributed by atoms with Crippen molar-refractivity contribution in [1.82, 2.24) is 0 Å². The number of benzene rings is 2. The molecule has 0 fully saturated rings. The molecule has 0 aromatic heterocycles. The van der Waals surface area contributed by atoms with E-state index < -0.39 is 0 Å². The number of unbranched alkanes of at least 4 members (excludes halogenated alkanes) is 2. The third-order valence-corrected chi connectivity index (χ3v) is 5.61. The Hall–Kier alpha value is -2.74. The molecule has 0 radical (unpaired) electrons. The maximum absolute atomic E-state index is 8.21. The molecule has 0 saturated carbocycles. The normalized spacial score (nSPS) is 14.4. The maximum atomic E-state index is 8.21. The van der Waals surface area contributed by atoms with E-state index in [0.717, 1.165) is 60.6 Å². The minimum absolute atomic E-state index is 0.115. The molecule has 0 saturated heterocycles. The lowest BCUT2D eigenvalue weighted by molar-refractivity contribution is -0.0979. The van der Waals surface area contributed by atoms with Crippen LogP contribution in [0.1, 0.15) is 50.7 Å². The van der Waals surface area contributed by atoms with Crippen LogP contribution in [0.4, 0.5) is 5.69 Å². The highest BCUT2D eigenvalue weighted by atomic mass is 35.5. The van der Waals surface area contributed by atoms with Crippen LogP contribution in [0.5, 0.6) is 5.75 Å². The Morgan fingerprint density at radius 2 is 1.76 bits per heavy atom. The molecule has 186 valence electrons. The molecule has 0 aliphatic carbocycles. The van der Waals surface area contributed by atoms with Crippen LogP contribution in [0, 0.1) is 5.41 Å². The van der Waals surface area contributed by atoms with Crippen LogP contribution in [0.2, 0.25) is 5.02 Å². The standard InChI is InChI=1S/C20H22ClN3O.C5H14N2.CH2O/c1-4-16-12-24(13(2)22)19-10-9-17(25-3)11-18(19)20(23-16)14-5-7-15(21)8-6-14;6-4-2-1-3-5-7;1-2/h5-11,16,22H,4,12H2,1-3H3;1-7H2;1H2/t16-;;/m0../s1. The van der Waals surface area contributed by atoms with E-state index in [-0.39, 0.29) is 6.04 Å². The number of ether oxygens (including phenoxy) is 1. The summed E-state index contributed by atoms with van der Waals surface area (Å²) in [6.07, 6.45) is 4.34. The topological polar surface area (TPSA) is 118 Å². The first-order chi connectivity index (χ1) is 16.4. The van der Waals surface area contributed by atoms with Crippen molar-refractivity contribution in [3.8, 4) is 5.75 Å². The molecule has 1 aliphatic rings. The van der Waals surface area contributed by atoms with Crippen LogP contribution in [0.15, 0.2) is 47.5 Å². The smallest absolute Gasteiger partial charge is 0.119 e. The average molecular weight is 488 g/mol. The van der Waals surface area contributed by atoms with Gasteiger partial charge in [0.2, 0.25) is 0 Å². The first kappa shape index (κ1) is 29.3. The van der Waals surface area contributed by atoms with Gasteiger partial charge in [-0.2, -0.15) is 0 Å². The predicted molar refractivity (Wildman–Crippen MR) is 144 cm³/mol. The molecule has 1 heterocycles. The molecule has 5 N–H and O–H groups in total. The number of nitrogens with one attached hydrogen (secondary N) is 1. The molecule has 0 unspecified atom stereocenters. The number of methoxy groups -OCH3 is 1. The third kappa shape index (κ3) is 8.56. The zero-order valence-electron chi connectivity index (χ0n) is 20.5.